The Bertz CT molecular complexity index is 673. The maximum atomic E-state index is 14.3. The van der Waals surface area contributed by atoms with Gasteiger partial charge in [0.25, 0.3) is 0 Å². The predicted octanol–water partition coefficient (Wildman–Crippen LogP) is -0.173. The Morgan fingerprint density at radius 1 is 1.40 bits per heavy atom. The first-order valence-electron chi connectivity index (χ1n) is 6.11. The number of aromatic nitrogens is 4. The van der Waals surface area contributed by atoms with Crippen LogP contribution in [0.1, 0.15) is 6.04 Å². The Hall–Kier alpha value is -2.06. The normalized spacial score (nSPS) is 30.2. The molecule has 0 aliphatic heterocycles. The van der Waals surface area contributed by atoms with Gasteiger partial charge < -0.3 is 20.5 Å². The molecule has 20 heavy (non-hydrogen) atoms. The zero-order valence-electron chi connectivity index (χ0n) is 10.5. The van der Waals surface area contributed by atoms with Gasteiger partial charge in [-0.2, -0.15) is 0 Å². The topological polar surface area (TPSA) is 110 Å². The predicted molar refractivity (Wildman–Crippen MR) is 69.4 cm³/mol. The maximum Gasteiger partial charge on any atom is 0.166 e. The largest absolute Gasteiger partial charge is 0.396 e. The van der Waals surface area contributed by atoms with Crippen LogP contribution in [-0.2, 0) is 0 Å². The summed E-state index contributed by atoms with van der Waals surface area (Å²) in [4.78, 5) is 11.9. The van der Waals surface area contributed by atoms with E-state index >= 15 is 0 Å². The molecular weight excluding hydrogens is 265 g/mol. The second kappa shape index (κ2) is 4.50. The number of fused-ring (bicyclic) bond motifs is 1. The fraction of sp³-hybridized carbons (Fsp3) is 0.417. The molecule has 2 heterocycles. The molecule has 1 fully saturated rings. The Morgan fingerprint density at radius 3 is 2.80 bits per heavy atom. The summed E-state index contributed by atoms with van der Waals surface area (Å²) in [5, 5.41) is 19.1. The molecule has 2 aromatic heterocycles. The highest BCUT2D eigenvalue weighted by molar-refractivity contribution is 5.81. The number of rotatable bonds is 2. The van der Waals surface area contributed by atoms with Gasteiger partial charge in [0.15, 0.2) is 17.6 Å². The summed E-state index contributed by atoms with van der Waals surface area (Å²) >= 11 is 0. The van der Waals surface area contributed by atoms with Gasteiger partial charge in [0.2, 0.25) is 0 Å². The summed E-state index contributed by atoms with van der Waals surface area (Å²) in [6.07, 6.45) is -0.229. The maximum absolute atomic E-state index is 14.3. The minimum atomic E-state index is -1.59. The molecular formula is C12H14FN5O2. The number of aliphatic hydroxyl groups is 2. The lowest BCUT2D eigenvalue weighted by molar-refractivity contribution is 0.0426. The fourth-order valence-corrected chi connectivity index (χ4v) is 2.68. The SMILES string of the molecule is C=C1C(n2cnc3c(N)ncnc32)[C@H](F)C(O)[C@H]1CO. The van der Waals surface area contributed by atoms with E-state index in [1.54, 1.807) is 0 Å². The van der Waals surface area contributed by atoms with Gasteiger partial charge in [-0.25, -0.2) is 19.3 Å². The highest BCUT2D eigenvalue weighted by Gasteiger charge is 2.47. The number of hydrogen-bond acceptors (Lipinski definition) is 6. The quantitative estimate of drug-likeness (QED) is 0.658. The van der Waals surface area contributed by atoms with Crippen molar-refractivity contribution in [3.05, 3.63) is 24.8 Å². The van der Waals surface area contributed by atoms with E-state index in [4.69, 9.17) is 5.73 Å². The number of nitrogens with two attached hydrogens (primary N) is 1. The van der Waals surface area contributed by atoms with Crippen LogP contribution in [0.2, 0.25) is 0 Å². The highest BCUT2D eigenvalue weighted by atomic mass is 19.1. The van der Waals surface area contributed by atoms with E-state index in [1.807, 2.05) is 0 Å². The lowest BCUT2D eigenvalue weighted by Gasteiger charge is -2.17. The molecule has 2 aromatic rings. The average Bonchev–Trinajstić information content (AvgIpc) is 2.92. The van der Waals surface area contributed by atoms with Gasteiger partial charge in [-0.15, -0.1) is 0 Å². The summed E-state index contributed by atoms with van der Waals surface area (Å²) in [6.45, 7) is 3.43. The first kappa shape index (κ1) is 12.9. The Morgan fingerprint density at radius 2 is 2.15 bits per heavy atom. The van der Waals surface area contributed by atoms with Crippen molar-refractivity contribution < 1.29 is 14.6 Å². The van der Waals surface area contributed by atoms with E-state index in [-0.39, 0.29) is 12.4 Å². The van der Waals surface area contributed by atoms with Crippen molar-refractivity contribution in [2.45, 2.75) is 18.3 Å². The summed E-state index contributed by atoms with van der Waals surface area (Å²) in [5.74, 6) is -0.501. The molecule has 0 aromatic carbocycles. The van der Waals surface area contributed by atoms with Crippen molar-refractivity contribution in [3.63, 3.8) is 0 Å². The monoisotopic (exact) mass is 279 g/mol. The number of nitrogen functional groups attached to an aromatic ring is 1. The molecule has 2 unspecified atom stereocenters. The van der Waals surface area contributed by atoms with Gasteiger partial charge in [-0.3, -0.25) is 0 Å². The van der Waals surface area contributed by atoms with Gasteiger partial charge in [-0.05, 0) is 5.57 Å². The summed E-state index contributed by atoms with van der Waals surface area (Å²) in [5.41, 5.74) is 6.83. The van der Waals surface area contributed by atoms with Crippen LogP contribution in [0.25, 0.3) is 11.2 Å². The molecule has 0 bridgehead atoms. The van der Waals surface area contributed by atoms with Gasteiger partial charge in [0.1, 0.15) is 11.8 Å². The van der Waals surface area contributed by atoms with Crippen LogP contribution in [-0.4, -0.2) is 48.6 Å². The molecule has 0 amide bonds. The van der Waals surface area contributed by atoms with E-state index in [0.29, 0.717) is 16.7 Å². The van der Waals surface area contributed by atoms with Gasteiger partial charge >= 0.3 is 0 Å². The minimum absolute atomic E-state index is 0.201. The third-order valence-corrected chi connectivity index (χ3v) is 3.78. The molecule has 0 radical (unpaired) electrons. The molecule has 4 atom stereocenters. The smallest absolute Gasteiger partial charge is 0.166 e. The van der Waals surface area contributed by atoms with Crippen LogP contribution in [0.4, 0.5) is 10.2 Å². The molecule has 0 saturated heterocycles. The number of imidazole rings is 1. The molecule has 3 rings (SSSR count). The zero-order chi connectivity index (χ0) is 14.4. The first-order valence-corrected chi connectivity index (χ1v) is 6.11. The second-order valence-electron chi connectivity index (χ2n) is 4.83. The number of alkyl halides is 1. The average molecular weight is 279 g/mol. The van der Waals surface area contributed by atoms with Crippen molar-refractivity contribution in [1.82, 2.24) is 19.5 Å². The van der Waals surface area contributed by atoms with Crippen LogP contribution >= 0.6 is 0 Å². The standard InChI is InChI=1S/C12H14FN5O2/c1-5-6(2-19)10(20)7(13)9(5)18-4-17-8-11(14)15-3-16-12(8)18/h3-4,6-7,9-10,19-20H,1-2H2,(H2,14,15,16)/t6-,7-,9?,10?/m0/s1. The highest BCUT2D eigenvalue weighted by Crippen LogP contribution is 2.42. The van der Waals surface area contributed by atoms with Gasteiger partial charge in [-0.1, -0.05) is 6.58 Å². The molecule has 1 saturated carbocycles. The Labute approximate surface area is 113 Å². The van der Waals surface area contributed by atoms with E-state index in [9.17, 15) is 14.6 Å². The van der Waals surface area contributed by atoms with Gasteiger partial charge in [0.05, 0.1) is 25.1 Å². The van der Waals surface area contributed by atoms with E-state index in [1.165, 1.54) is 17.2 Å². The molecule has 1 aliphatic carbocycles. The summed E-state index contributed by atoms with van der Waals surface area (Å²) < 4.78 is 15.8. The van der Waals surface area contributed by atoms with Crippen molar-refractivity contribution in [1.29, 1.82) is 0 Å². The number of hydrogen-bond donors (Lipinski definition) is 3. The third-order valence-electron chi connectivity index (χ3n) is 3.78. The van der Waals surface area contributed by atoms with Crippen LogP contribution in [0.3, 0.4) is 0 Å². The number of halogens is 1. The van der Waals surface area contributed by atoms with Crippen molar-refractivity contribution in [2.24, 2.45) is 5.92 Å². The zero-order valence-corrected chi connectivity index (χ0v) is 10.5. The molecule has 7 nitrogen and oxygen atoms in total. The Balaban J connectivity index is 2.12. The van der Waals surface area contributed by atoms with Crippen molar-refractivity contribution in [3.8, 4) is 0 Å². The molecule has 4 N–H and O–H groups in total. The van der Waals surface area contributed by atoms with E-state index in [0.717, 1.165) is 0 Å². The second-order valence-corrected chi connectivity index (χ2v) is 4.83. The third kappa shape index (κ3) is 1.61. The Kier molecular flexibility index (Phi) is 2.91. The van der Waals surface area contributed by atoms with E-state index in [2.05, 4.69) is 21.5 Å². The van der Waals surface area contributed by atoms with Gasteiger partial charge in [0, 0.05) is 5.92 Å². The van der Waals surface area contributed by atoms with Crippen molar-refractivity contribution >= 4 is 17.0 Å². The lowest BCUT2D eigenvalue weighted by atomic mass is 10.0. The van der Waals surface area contributed by atoms with Crippen LogP contribution in [0.5, 0.6) is 0 Å². The minimum Gasteiger partial charge on any atom is -0.396 e. The lowest BCUT2D eigenvalue weighted by Crippen LogP contribution is -2.26. The molecule has 106 valence electrons. The number of nitrogens with zero attached hydrogens (tertiary/aromatic N) is 4. The number of anilines is 1. The number of aliphatic hydroxyl groups excluding tert-OH is 2. The molecule has 1 aliphatic rings. The van der Waals surface area contributed by atoms with Crippen molar-refractivity contribution in [2.75, 3.05) is 12.3 Å². The molecule has 8 heteroatoms. The summed E-state index contributed by atoms with van der Waals surface area (Å²) in [7, 11) is 0. The van der Waals surface area contributed by atoms with Crippen LogP contribution in [0, 0.1) is 5.92 Å². The fourth-order valence-electron chi connectivity index (χ4n) is 2.68. The van der Waals surface area contributed by atoms with Crippen LogP contribution < -0.4 is 5.73 Å². The molecule has 0 spiro atoms. The summed E-state index contributed by atoms with van der Waals surface area (Å²) in [6, 6.07) is -0.832. The van der Waals surface area contributed by atoms with E-state index < -0.39 is 24.2 Å². The first-order chi connectivity index (χ1) is 9.56. The van der Waals surface area contributed by atoms with Crippen LogP contribution in [0.15, 0.2) is 24.8 Å².